The molecule has 214 valence electrons. The predicted molar refractivity (Wildman–Crippen MR) is 160 cm³/mol. The Labute approximate surface area is 241 Å². The van der Waals surface area contributed by atoms with Crippen molar-refractivity contribution in [2.75, 3.05) is 47.4 Å². The first-order chi connectivity index (χ1) is 20.0. The number of carbonyl (C=O) groups excluding carboxylic acids is 2. The van der Waals surface area contributed by atoms with E-state index in [-0.39, 0.29) is 23.5 Å². The molecular weight excluding hydrogens is 516 g/mol. The van der Waals surface area contributed by atoms with E-state index >= 15 is 0 Å². The molecule has 0 radical (unpaired) electrons. The van der Waals surface area contributed by atoms with E-state index in [9.17, 15) is 9.59 Å². The van der Waals surface area contributed by atoms with Crippen molar-refractivity contribution < 1.29 is 19.1 Å². The molecule has 1 atom stereocenters. The Hall–Kier alpha value is -4.17. The fourth-order valence-corrected chi connectivity index (χ4v) is 5.70. The number of para-hydroxylation sites is 2. The number of hydrogen-bond acceptors (Lipinski definition) is 6. The molecule has 1 aromatic heterocycles. The molecule has 41 heavy (non-hydrogen) atoms. The fourth-order valence-electron chi connectivity index (χ4n) is 5.70. The van der Waals surface area contributed by atoms with Crippen LogP contribution in [-0.4, -0.2) is 78.9 Å². The average Bonchev–Trinajstić information content (AvgIpc) is 3.47. The number of benzene rings is 3. The number of ketones is 1. The van der Waals surface area contributed by atoms with Gasteiger partial charge in [0.25, 0.3) is 5.91 Å². The highest BCUT2D eigenvalue weighted by Crippen LogP contribution is 2.33. The van der Waals surface area contributed by atoms with Gasteiger partial charge >= 0.3 is 0 Å². The van der Waals surface area contributed by atoms with Crippen LogP contribution in [0.4, 0.5) is 0 Å². The summed E-state index contributed by atoms with van der Waals surface area (Å²) in [5.74, 6) is 2.00. The lowest BCUT2D eigenvalue weighted by molar-refractivity contribution is 0.0779. The summed E-state index contributed by atoms with van der Waals surface area (Å²) in [7, 11) is 5.13. The maximum atomic E-state index is 13.2. The zero-order chi connectivity index (χ0) is 28.8. The molecule has 1 amide bonds. The normalized spacial score (nSPS) is 15.0. The molecule has 0 bridgehead atoms. The first-order valence-corrected chi connectivity index (χ1v) is 14.2. The number of fused-ring (bicyclic) bond motifs is 1. The molecule has 5 rings (SSSR count). The zero-order valence-electron chi connectivity index (χ0n) is 24.0. The third-order valence-electron chi connectivity index (χ3n) is 8.12. The summed E-state index contributed by atoms with van der Waals surface area (Å²) in [5, 5.41) is 0. The van der Waals surface area contributed by atoms with E-state index in [0.717, 1.165) is 55.5 Å². The molecule has 1 aliphatic heterocycles. The number of hydrogen-bond donors (Lipinski definition) is 1. The van der Waals surface area contributed by atoms with Crippen LogP contribution in [0.3, 0.4) is 0 Å². The van der Waals surface area contributed by atoms with Gasteiger partial charge in [0.2, 0.25) is 5.78 Å². The molecule has 1 saturated heterocycles. The van der Waals surface area contributed by atoms with Gasteiger partial charge in [-0.1, -0.05) is 36.4 Å². The van der Waals surface area contributed by atoms with Crippen molar-refractivity contribution in [3.05, 3.63) is 89.7 Å². The number of likely N-dealkylation sites (tertiary alicyclic amines) is 1. The molecule has 4 aromatic rings. The molecule has 0 aliphatic carbocycles. The SMILES string of the molecule is COc1ccc(C(CCN2CCC(C(=O)c3nc4ccccc4[nH]3)CC2)CN(C)C(=O)c2ccccc2)cc1OC. The van der Waals surface area contributed by atoms with Crippen molar-refractivity contribution in [2.45, 2.75) is 25.2 Å². The first-order valence-electron chi connectivity index (χ1n) is 14.2. The molecular formula is C33H38N4O4. The lowest BCUT2D eigenvalue weighted by Gasteiger charge is -2.33. The summed E-state index contributed by atoms with van der Waals surface area (Å²) < 4.78 is 11.0. The minimum absolute atomic E-state index is 0.000917. The van der Waals surface area contributed by atoms with Gasteiger partial charge in [-0.15, -0.1) is 0 Å². The van der Waals surface area contributed by atoms with Crippen molar-refractivity contribution in [1.82, 2.24) is 19.8 Å². The number of piperidine rings is 1. The van der Waals surface area contributed by atoms with Gasteiger partial charge in [0.05, 0.1) is 25.3 Å². The number of carbonyl (C=O) groups is 2. The van der Waals surface area contributed by atoms with Crippen molar-refractivity contribution in [1.29, 1.82) is 0 Å². The summed E-state index contributed by atoms with van der Waals surface area (Å²) in [6, 6.07) is 23.1. The molecule has 0 saturated carbocycles. The van der Waals surface area contributed by atoms with Gasteiger partial charge < -0.3 is 24.3 Å². The molecule has 1 fully saturated rings. The molecule has 3 aromatic carbocycles. The molecule has 8 nitrogen and oxygen atoms in total. The summed E-state index contributed by atoms with van der Waals surface area (Å²) in [4.78, 5) is 38.3. The number of H-pyrrole nitrogens is 1. The summed E-state index contributed by atoms with van der Waals surface area (Å²) in [6.07, 6.45) is 2.48. The van der Waals surface area contributed by atoms with Gasteiger partial charge in [0.15, 0.2) is 17.3 Å². The molecule has 2 heterocycles. The fraction of sp³-hybridized carbons (Fsp3) is 0.364. The topological polar surface area (TPSA) is 87.8 Å². The Bertz CT molecular complexity index is 1440. The third-order valence-corrected chi connectivity index (χ3v) is 8.12. The van der Waals surface area contributed by atoms with E-state index in [0.29, 0.717) is 29.4 Å². The van der Waals surface area contributed by atoms with Gasteiger partial charge in [-0.3, -0.25) is 9.59 Å². The van der Waals surface area contributed by atoms with Crippen LogP contribution >= 0.6 is 0 Å². The number of aromatic nitrogens is 2. The molecule has 0 spiro atoms. The summed E-state index contributed by atoms with van der Waals surface area (Å²) in [5.41, 5.74) is 3.50. The number of nitrogens with zero attached hydrogens (tertiary/aromatic N) is 3. The van der Waals surface area contributed by atoms with Crippen molar-refractivity contribution in [3.63, 3.8) is 0 Å². The zero-order valence-corrected chi connectivity index (χ0v) is 24.0. The monoisotopic (exact) mass is 554 g/mol. The predicted octanol–water partition coefficient (Wildman–Crippen LogP) is 5.42. The number of imidazole rings is 1. The third kappa shape index (κ3) is 6.60. The van der Waals surface area contributed by atoms with Crippen LogP contribution in [0.2, 0.25) is 0 Å². The number of ether oxygens (including phenoxy) is 2. The summed E-state index contributed by atoms with van der Waals surface area (Å²) in [6.45, 7) is 3.16. The highest BCUT2D eigenvalue weighted by Gasteiger charge is 2.28. The number of aromatic amines is 1. The minimum Gasteiger partial charge on any atom is -0.493 e. The van der Waals surface area contributed by atoms with E-state index in [1.807, 2.05) is 73.8 Å². The van der Waals surface area contributed by atoms with Crippen LogP contribution in [0.5, 0.6) is 11.5 Å². The van der Waals surface area contributed by atoms with Crippen molar-refractivity contribution in [3.8, 4) is 11.5 Å². The van der Waals surface area contributed by atoms with Crippen LogP contribution in [-0.2, 0) is 0 Å². The minimum atomic E-state index is -0.0249. The molecule has 1 aliphatic rings. The van der Waals surface area contributed by atoms with Crippen LogP contribution in [0.15, 0.2) is 72.8 Å². The van der Waals surface area contributed by atoms with Gasteiger partial charge in [-0.05, 0) is 80.9 Å². The van der Waals surface area contributed by atoms with Crippen LogP contribution in [0.25, 0.3) is 11.0 Å². The summed E-state index contributed by atoms with van der Waals surface area (Å²) >= 11 is 0. The van der Waals surface area contributed by atoms with E-state index < -0.39 is 0 Å². The first kappa shape index (κ1) is 28.4. The maximum absolute atomic E-state index is 13.2. The van der Waals surface area contributed by atoms with Gasteiger partial charge in [0, 0.05) is 31.0 Å². The van der Waals surface area contributed by atoms with Gasteiger partial charge in [0.1, 0.15) is 0 Å². The maximum Gasteiger partial charge on any atom is 0.253 e. The second-order valence-corrected chi connectivity index (χ2v) is 10.7. The Balaban J connectivity index is 1.23. The van der Waals surface area contributed by atoms with E-state index in [4.69, 9.17) is 9.47 Å². The number of amides is 1. The molecule has 1 N–H and O–H groups in total. The highest BCUT2D eigenvalue weighted by molar-refractivity contribution is 5.97. The Morgan fingerprint density at radius 2 is 1.68 bits per heavy atom. The highest BCUT2D eigenvalue weighted by atomic mass is 16.5. The lowest BCUT2D eigenvalue weighted by Crippen LogP contribution is -2.38. The van der Waals surface area contributed by atoms with Crippen molar-refractivity contribution in [2.24, 2.45) is 5.92 Å². The van der Waals surface area contributed by atoms with E-state index in [2.05, 4.69) is 20.9 Å². The van der Waals surface area contributed by atoms with Gasteiger partial charge in [-0.25, -0.2) is 4.98 Å². The smallest absolute Gasteiger partial charge is 0.253 e. The Morgan fingerprint density at radius 1 is 0.976 bits per heavy atom. The lowest BCUT2D eigenvalue weighted by atomic mass is 9.90. The second-order valence-electron chi connectivity index (χ2n) is 10.7. The largest absolute Gasteiger partial charge is 0.493 e. The van der Waals surface area contributed by atoms with Crippen LogP contribution in [0, 0.1) is 5.92 Å². The number of methoxy groups -OCH3 is 2. The second kappa shape index (κ2) is 13.0. The molecule has 1 unspecified atom stereocenters. The van der Waals surface area contributed by atoms with E-state index in [1.165, 1.54) is 0 Å². The Morgan fingerprint density at radius 3 is 2.39 bits per heavy atom. The van der Waals surface area contributed by atoms with Crippen LogP contribution in [0.1, 0.15) is 51.7 Å². The number of nitrogens with one attached hydrogen (secondary N) is 1. The standard InChI is InChI=1S/C33H38N4O4/c1-36(33(39)24-9-5-4-6-10-24)22-26(25-13-14-29(40-2)30(21-25)41-3)17-20-37-18-15-23(16-19-37)31(38)32-34-27-11-7-8-12-28(27)35-32/h4-14,21,23,26H,15-20,22H2,1-3H3,(H,34,35). The number of likely N-dealkylation sites (N-methyl/N-ethyl adjacent to an activating group) is 1. The van der Waals surface area contributed by atoms with Crippen molar-refractivity contribution >= 4 is 22.7 Å². The average molecular weight is 555 g/mol. The Kier molecular flexibility index (Phi) is 8.99. The van der Waals surface area contributed by atoms with Crippen LogP contribution < -0.4 is 9.47 Å². The number of rotatable bonds is 11. The number of Topliss-reactive ketones (excluding diaryl/α,β-unsaturated/α-hetero) is 1. The van der Waals surface area contributed by atoms with E-state index in [1.54, 1.807) is 19.1 Å². The van der Waals surface area contributed by atoms with Gasteiger partial charge in [-0.2, -0.15) is 0 Å². The quantitative estimate of drug-likeness (QED) is 0.249. The molecule has 8 heteroatoms.